The van der Waals surface area contributed by atoms with Crippen LogP contribution in [0.15, 0.2) is 18.2 Å². The highest BCUT2D eigenvalue weighted by molar-refractivity contribution is 6.26. The summed E-state index contributed by atoms with van der Waals surface area (Å²) in [5.74, 6) is -2.71. The van der Waals surface area contributed by atoms with Crippen molar-refractivity contribution in [3.05, 3.63) is 29.3 Å². The highest BCUT2D eigenvalue weighted by atomic mass is 16.6. The molecule has 1 saturated heterocycles. The van der Waals surface area contributed by atoms with Crippen LogP contribution < -0.4 is 10.6 Å². The molecule has 0 aliphatic carbocycles. The standard InChI is InChI=1S/C40H63N3O14/c1-2-3-6-14-49-16-18-51-20-22-53-24-26-55-28-30-57-31-29-56-27-25-54-23-21-52-19-17-50-15-7-4-5-11-35(44)41-33-10-8-9-32-37(33)40(48)43(39(32)47)34-12-13-36(45)42-38(34)46/h8-10,34H,2-7,11-31H2,1H3,(H,41,44)(H,42,45,46). The molecule has 1 atom stereocenters. The number of rotatable bonds is 36. The lowest BCUT2D eigenvalue weighted by Gasteiger charge is -2.27. The molecule has 0 aromatic heterocycles. The Kier molecular flexibility index (Phi) is 25.8. The zero-order valence-corrected chi connectivity index (χ0v) is 33.6. The Morgan fingerprint density at radius 1 is 0.614 bits per heavy atom. The molecule has 5 amide bonds. The summed E-state index contributed by atoms with van der Waals surface area (Å²) in [5.41, 5.74) is 0.388. The van der Waals surface area contributed by atoms with E-state index in [9.17, 15) is 24.0 Å². The van der Waals surface area contributed by atoms with E-state index >= 15 is 0 Å². The van der Waals surface area contributed by atoms with Crippen molar-refractivity contribution in [2.24, 2.45) is 0 Å². The van der Waals surface area contributed by atoms with Gasteiger partial charge in [0.2, 0.25) is 17.7 Å². The molecule has 0 bridgehead atoms. The molecule has 0 radical (unpaired) electrons. The van der Waals surface area contributed by atoms with Crippen molar-refractivity contribution in [1.82, 2.24) is 10.2 Å². The first-order valence-corrected chi connectivity index (χ1v) is 20.3. The normalized spacial score (nSPS) is 15.4. The molecule has 1 aromatic rings. The predicted octanol–water partition coefficient (Wildman–Crippen LogP) is 2.93. The van der Waals surface area contributed by atoms with Crippen LogP contribution in [0, 0.1) is 0 Å². The molecule has 17 heteroatoms. The van der Waals surface area contributed by atoms with Crippen LogP contribution in [-0.2, 0) is 57.0 Å². The average molecular weight is 810 g/mol. The fourth-order valence-corrected chi connectivity index (χ4v) is 5.81. The average Bonchev–Trinajstić information content (AvgIpc) is 3.45. The van der Waals surface area contributed by atoms with Gasteiger partial charge in [0.1, 0.15) is 6.04 Å². The number of benzene rings is 1. The number of amides is 5. The number of unbranched alkanes of at least 4 members (excludes halogenated alkanes) is 4. The van der Waals surface area contributed by atoms with E-state index in [0.29, 0.717) is 119 Å². The molecule has 322 valence electrons. The Balaban J connectivity index is 1.03. The summed E-state index contributed by atoms with van der Waals surface area (Å²) < 4.78 is 49.5. The Morgan fingerprint density at radius 2 is 1.07 bits per heavy atom. The van der Waals surface area contributed by atoms with Crippen molar-refractivity contribution in [3.8, 4) is 0 Å². The Bertz CT molecular complexity index is 1330. The van der Waals surface area contributed by atoms with E-state index in [4.69, 9.17) is 42.6 Å². The van der Waals surface area contributed by atoms with Crippen LogP contribution in [0.4, 0.5) is 5.69 Å². The molecule has 57 heavy (non-hydrogen) atoms. The van der Waals surface area contributed by atoms with Gasteiger partial charge in [0.05, 0.1) is 123 Å². The van der Waals surface area contributed by atoms with Crippen LogP contribution in [0.2, 0.25) is 0 Å². The SMILES string of the molecule is CCCCCOCCOCCOCCOCCOCCOCCOCCOCCOCCCCCC(=O)Nc1cccc2c1C(=O)N(C1CCC(=O)NC1=O)C2=O. The number of nitrogens with zero attached hydrogens (tertiary/aromatic N) is 1. The molecule has 2 aliphatic heterocycles. The third kappa shape index (κ3) is 19.7. The van der Waals surface area contributed by atoms with E-state index in [0.717, 1.165) is 30.8 Å². The molecule has 3 rings (SSSR count). The zero-order chi connectivity index (χ0) is 40.8. The second-order valence-corrected chi connectivity index (χ2v) is 13.3. The van der Waals surface area contributed by atoms with Crippen LogP contribution >= 0.6 is 0 Å². The fraction of sp³-hybridized carbons (Fsp3) is 0.725. The topological polar surface area (TPSA) is 196 Å². The lowest BCUT2D eigenvalue weighted by Crippen LogP contribution is -2.54. The molecule has 1 unspecified atom stereocenters. The first-order chi connectivity index (χ1) is 27.9. The van der Waals surface area contributed by atoms with E-state index < -0.39 is 29.7 Å². The van der Waals surface area contributed by atoms with Crippen molar-refractivity contribution < 1.29 is 66.6 Å². The van der Waals surface area contributed by atoms with Gasteiger partial charge in [-0.05, 0) is 37.8 Å². The number of ether oxygens (including phenoxy) is 9. The number of anilines is 1. The largest absolute Gasteiger partial charge is 0.379 e. The summed E-state index contributed by atoms with van der Waals surface area (Å²) in [5, 5.41) is 4.91. The highest BCUT2D eigenvalue weighted by Crippen LogP contribution is 2.32. The lowest BCUT2D eigenvalue weighted by molar-refractivity contribution is -0.136. The first kappa shape index (κ1) is 48.0. The van der Waals surface area contributed by atoms with E-state index in [1.54, 1.807) is 12.1 Å². The van der Waals surface area contributed by atoms with Gasteiger partial charge in [-0.25, -0.2) is 0 Å². The van der Waals surface area contributed by atoms with E-state index in [1.807, 2.05) is 0 Å². The Hall–Kier alpha value is -3.39. The number of nitrogens with one attached hydrogen (secondary N) is 2. The van der Waals surface area contributed by atoms with Crippen molar-refractivity contribution >= 4 is 35.2 Å². The van der Waals surface area contributed by atoms with Gasteiger partial charge >= 0.3 is 0 Å². The molecule has 0 saturated carbocycles. The van der Waals surface area contributed by atoms with E-state index in [1.165, 1.54) is 18.9 Å². The van der Waals surface area contributed by atoms with Crippen molar-refractivity contribution in [1.29, 1.82) is 0 Å². The fourth-order valence-electron chi connectivity index (χ4n) is 5.81. The maximum Gasteiger partial charge on any atom is 0.264 e. The van der Waals surface area contributed by atoms with Gasteiger partial charge in [-0.2, -0.15) is 0 Å². The predicted molar refractivity (Wildman–Crippen MR) is 207 cm³/mol. The molecule has 2 N–H and O–H groups in total. The van der Waals surface area contributed by atoms with Gasteiger partial charge in [0.25, 0.3) is 11.8 Å². The van der Waals surface area contributed by atoms with Crippen LogP contribution in [0.3, 0.4) is 0 Å². The summed E-state index contributed by atoms with van der Waals surface area (Å²) in [4.78, 5) is 63.5. The monoisotopic (exact) mass is 809 g/mol. The second kappa shape index (κ2) is 30.7. The van der Waals surface area contributed by atoms with Gasteiger partial charge in [0, 0.05) is 26.1 Å². The molecule has 2 aliphatic rings. The van der Waals surface area contributed by atoms with Gasteiger partial charge < -0.3 is 47.9 Å². The molecule has 2 heterocycles. The summed E-state index contributed by atoms with van der Waals surface area (Å²) in [6.07, 6.45) is 5.97. The van der Waals surface area contributed by atoms with Gasteiger partial charge in [-0.1, -0.05) is 32.3 Å². The van der Waals surface area contributed by atoms with Gasteiger partial charge in [0.15, 0.2) is 0 Å². The molecule has 1 aromatic carbocycles. The van der Waals surface area contributed by atoms with Crippen molar-refractivity contribution in [3.63, 3.8) is 0 Å². The van der Waals surface area contributed by atoms with Crippen molar-refractivity contribution in [2.45, 2.75) is 70.8 Å². The Morgan fingerprint density at radius 3 is 1.53 bits per heavy atom. The maximum atomic E-state index is 13.2. The first-order valence-electron chi connectivity index (χ1n) is 20.3. The minimum absolute atomic E-state index is 0.0299. The maximum absolute atomic E-state index is 13.2. The number of carbonyl (C=O) groups is 5. The lowest BCUT2D eigenvalue weighted by atomic mass is 10.0. The zero-order valence-electron chi connectivity index (χ0n) is 33.6. The number of carbonyl (C=O) groups excluding carboxylic acids is 5. The summed E-state index contributed by atoms with van der Waals surface area (Å²) >= 11 is 0. The summed E-state index contributed by atoms with van der Waals surface area (Å²) in [6.45, 7) is 11.5. The van der Waals surface area contributed by atoms with Crippen LogP contribution in [0.5, 0.6) is 0 Å². The van der Waals surface area contributed by atoms with Gasteiger partial charge in [-0.3, -0.25) is 34.2 Å². The van der Waals surface area contributed by atoms with Crippen LogP contribution in [-0.4, -0.2) is 159 Å². The third-order valence-corrected chi connectivity index (χ3v) is 8.80. The van der Waals surface area contributed by atoms with Crippen LogP contribution in [0.1, 0.15) is 85.4 Å². The highest BCUT2D eigenvalue weighted by Gasteiger charge is 2.45. The summed E-state index contributed by atoms with van der Waals surface area (Å²) in [7, 11) is 0. The minimum Gasteiger partial charge on any atom is -0.379 e. The number of hydrogen-bond acceptors (Lipinski definition) is 14. The number of imide groups is 2. The second-order valence-electron chi connectivity index (χ2n) is 13.3. The van der Waals surface area contributed by atoms with Crippen molar-refractivity contribution in [2.75, 3.05) is 124 Å². The minimum atomic E-state index is -1.07. The van der Waals surface area contributed by atoms with E-state index in [2.05, 4.69) is 17.6 Å². The molecule has 1 fully saturated rings. The molecule has 0 spiro atoms. The third-order valence-electron chi connectivity index (χ3n) is 8.80. The smallest absolute Gasteiger partial charge is 0.264 e. The number of fused-ring (bicyclic) bond motifs is 1. The Labute approximate surface area is 336 Å². The summed E-state index contributed by atoms with van der Waals surface area (Å²) in [6, 6.07) is 3.54. The van der Waals surface area contributed by atoms with Crippen LogP contribution in [0.25, 0.3) is 0 Å². The molecule has 17 nitrogen and oxygen atoms in total. The number of hydrogen-bond donors (Lipinski definition) is 2. The molecular weight excluding hydrogens is 746 g/mol. The molecular formula is C40H63N3O14. The van der Waals surface area contributed by atoms with E-state index in [-0.39, 0.29) is 42.0 Å². The van der Waals surface area contributed by atoms with Gasteiger partial charge in [-0.15, -0.1) is 0 Å². The quantitative estimate of drug-likeness (QED) is 0.0742. The number of piperidine rings is 1.